The van der Waals surface area contributed by atoms with Crippen LogP contribution in [-0.2, 0) is 12.3 Å². The SMILES string of the molecule is CSCc1ccc(CNC2=NCCN2C)cc1. The molecule has 0 aliphatic carbocycles. The number of hydrogen-bond donors (Lipinski definition) is 1. The fourth-order valence-electron chi connectivity index (χ4n) is 1.82. The Balaban J connectivity index is 1.86. The molecular formula is C13H19N3S. The average molecular weight is 249 g/mol. The molecule has 0 bridgehead atoms. The van der Waals surface area contributed by atoms with E-state index in [1.807, 2.05) is 11.8 Å². The highest BCUT2D eigenvalue weighted by atomic mass is 32.2. The van der Waals surface area contributed by atoms with Gasteiger partial charge in [0.1, 0.15) is 0 Å². The molecule has 1 heterocycles. The molecule has 1 aromatic rings. The molecule has 0 saturated heterocycles. The summed E-state index contributed by atoms with van der Waals surface area (Å²) in [6.07, 6.45) is 2.13. The van der Waals surface area contributed by atoms with Crippen molar-refractivity contribution in [2.75, 3.05) is 26.4 Å². The van der Waals surface area contributed by atoms with Crippen LogP contribution in [0.25, 0.3) is 0 Å². The molecule has 2 rings (SSSR count). The smallest absolute Gasteiger partial charge is 0.194 e. The summed E-state index contributed by atoms with van der Waals surface area (Å²) in [5.74, 6) is 2.10. The lowest BCUT2D eigenvalue weighted by atomic mass is 10.1. The van der Waals surface area contributed by atoms with Crippen LogP contribution < -0.4 is 5.32 Å². The minimum atomic E-state index is 0.850. The molecule has 0 aromatic heterocycles. The zero-order chi connectivity index (χ0) is 12.1. The summed E-state index contributed by atoms with van der Waals surface area (Å²) in [7, 11) is 2.07. The maximum Gasteiger partial charge on any atom is 0.194 e. The first-order valence-corrected chi connectivity index (χ1v) is 7.25. The third-order valence-electron chi connectivity index (χ3n) is 2.84. The number of benzene rings is 1. The van der Waals surface area contributed by atoms with Crippen LogP contribution in [0.3, 0.4) is 0 Å². The van der Waals surface area contributed by atoms with Gasteiger partial charge in [0, 0.05) is 25.9 Å². The third-order valence-corrected chi connectivity index (χ3v) is 3.47. The normalized spacial score (nSPS) is 14.9. The highest BCUT2D eigenvalue weighted by Gasteiger charge is 2.10. The van der Waals surface area contributed by atoms with E-state index in [0.717, 1.165) is 31.3 Å². The second kappa shape index (κ2) is 5.96. The van der Waals surface area contributed by atoms with Gasteiger partial charge < -0.3 is 10.2 Å². The molecule has 0 radical (unpaired) electrons. The predicted molar refractivity (Wildman–Crippen MR) is 75.4 cm³/mol. The van der Waals surface area contributed by atoms with Crippen LogP contribution in [0.4, 0.5) is 0 Å². The highest BCUT2D eigenvalue weighted by Crippen LogP contribution is 2.10. The Kier molecular flexibility index (Phi) is 4.31. The number of nitrogens with zero attached hydrogens (tertiary/aromatic N) is 2. The van der Waals surface area contributed by atoms with Crippen molar-refractivity contribution in [2.24, 2.45) is 4.99 Å². The lowest BCUT2D eigenvalue weighted by molar-refractivity contribution is 0.534. The van der Waals surface area contributed by atoms with Crippen molar-refractivity contribution in [3.8, 4) is 0 Å². The van der Waals surface area contributed by atoms with Crippen molar-refractivity contribution < 1.29 is 0 Å². The monoisotopic (exact) mass is 249 g/mol. The number of aliphatic imine (C=N–C) groups is 1. The van der Waals surface area contributed by atoms with E-state index < -0.39 is 0 Å². The fourth-order valence-corrected chi connectivity index (χ4v) is 2.35. The maximum atomic E-state index is 4.41. The van der Waals surface area contributed by atoms with Crippen molar-refractivity contribution in [2.45, 2.75) is 12.3 Å². The fraction of sp³-hybridized carbons (Fsp3) is 0.462. The van der Waals surface area contributed by atoms with Crippen molar-refractivity contribution in [3.63, 3.8) is 0 Å². The zero-order valence-electron chi connectivity index (χ0n) is 10.4. The molecular weight excluding hydrogens is 230 g/mol. The summed E-state index contributed by atoms with van der Waals surface area (Å²) in [5.41, 5.74) is 2.69. The third kappa shape index (κ3) is 3.40. The van der Waals surface area contributed by atoms with Gasteiger partial charge in [-0.3, -0.25) is 4.99 Å². The molecule has 4 heteroatoms. The maximum absolute atomic E-state index is 4.41. The number of nitrogens with one attached hydrogen (secondary N) is 1. The molecule has 1 aromatic carbocycles. The molecule has 1 aliphatic heterocycles. The Hall–Kier alpha value is -1.16. The van der Waals surface area contributed by atoms with Gasteiger partial charge in [-0.15, -0.1) is 0 Å². The summed E-state index contributed by atoms with van der Waals surface area (Å²) in [5, 5.41) is 3.37. The van der Waals surface area contributed by atoms with Crippen molar-refractivity contribution in [1.29, 1.82) is 0 Å². The largest absolute Gasteiger partial charge is 0.352 e. The molecule has 0 fully saturated rings. The van der Waals surface area contributed by atoms with E-state index in [1.54, 1.807) is 0 Å². The summed E-state index contributed by atoms with van der Waals surface area (Å²) in [6.45, 7) is 2.78. The minimum absolute atomic E-state index is 0.850. The Bertz CT molecular complexity index is 386. The van der Waals surface area contributed by atoms with Crippen LogP contribution in [0.5, 0.6) is 0 Å². The van der Waals surface area contributed by atoms with E-state index in [0.29, 0.717) is 0 Å². The standard InChI is InChI=1S/C13H19N3S/c1-16-8-7-14-13(16)15-9-11-3-5-12(6-4-11)10-17-2/h3-6H,7-10H2,1-2H3,(H,14,15). The van der Waals surface area contributed by atoms with Gasteiger partial charge in [-0.1, -0.05) is 24.3 Å². The second-order valence-electron chi connectivity index (χ2n) is 4.23. The Morgan fingerprint density at radius 2 is 2.00 bits per heavy atom. The summed E-state index contributed by atoms with van der Waals surface area (Å²) < 4.78 is 0. The van der Waals surface area contributed by atoms with Crippen molar-refractivity contribution in [3.05, 3.63) is 35.4 Å². The lowest BCUT2D eigenvalue weighted by Crippen LogP contribution is -2.35. The molecule has 1 aliphatic rings. The number of hydrogen-bond acceptors (Lipinski definition) is 4. The average Bonchev–Trinajstić information content (AvgIpc) is 2.75. The molecule has 3 nitrogen and oxygen atoms in total. The molecule has 17 heavy (non-hydrogen) atoms. The van der Waals surface area contributed by atoms with Crippen molar-refractivity contribution in [1.82, 2.24) is 10.2 Å². The van der Waals surface area contributed by atoms with E-state index >= 15 is 0 Å². The van der Waals surface area contributed by atoms with E-state index in [2.05, 4.69) is 52.8 Å². The molecule has 0 spiro atoms. The van der Waals surface area contributed by atoms with Gasteiger partial charge in [0.05, 0.1) is 6.54 Å². The topological polar surface area (TPSA) is 27.6 Å². The Morgan fingerprint density at radius 3 is 2.59 bits per heavy atom. The molecule has 0 atom stereocenters. The minimum Gasteiger partial charge on any atom is -0.352 e. The lowest BCUT2D eigenvalue weighted by Gasteiger charge is -2.15. The van der Waals surface area contributed by atoms with Crippen LogP contribution >= 0.6 is 11.8 Å². The zero-order valence-corrected chi connectivity index (χ0v) is 11.3. The first-order chi connectivity index (χ1) is 8.29. The van der Waals surface area contributed by atoms with E-state index in [1.165, 1.54) is 11.1 Å². The molecule has 0 amide bonds. The molecule has 1 N–H and O–H groups in total. The van der Waals surface area contributed by atoms with Gasteiger partial charge in [-0.25, -0.2) is 0 Å². The van der Waals surface area contributed by atoms with Crippen LogP contribution in [0.1, 0.15) is 11.1 Å². The summed E-state index contributed by atoms with van der Waals surface area (Å²) >= 11 is 1.85. The van der Waals surface area contributed by atoms with Crippen molar-refractivity contribution >= 4 is 17.7 Å². The first-order valence-electron chi connectivity index (χ1n) is 5.86. The second-order valence-corrected chi connectivity index (χ2v) is 5.10. The van der Waals surface area contributed by atoms with E-state index in [9.17, 15) is 0 Å². The highest BCUT2D eigenvalue weighted by molar-refractivity contribution is 7.97. The number of likely N-dealkylation sites (N-methyl/N-ethyl adjacent to an activating group) is 1. The Morgan fingerprint density at radius 1 is 1.29 bits per heavy atom. The van der Waals surface area contributed by atoms with Crippen LogP contribution in [0, 0.1) is 0 Å². The van der Waals surface area contributed by atoms with Gasteiger partial charge >= 0.3 is 0 Å². The number of thioether (sulfide) groups is 1. The Labute approximate surface area is 107 Å². The van der Waals surface area contributed by atoms with Gasteiger partial charge in [-0.05, 0) is 17.4 Å². The molecule has 0 unspecified atom stereocenters. The van der Waals surface area contributed by atoms with Crippen LogP contribution in [0.15, 0.2) is 29.3 Å². The summed E-state index contributed by atoms with van der Waals surface area (Å²) in [4.78, 5) is 6.56. The predicted octanol–water partition coefficient (Wildman–Crippen LogP) is 1.94. The van der Waals surface area contributed by atoms with Gasteiger partial charge in [0.15, 0.2) is 5.96 Å². The quantitative estimate of drug-likeness (QED) is 0.884. The molecule has 92 valence electrons. The summed E-state index contributed by atoms with van der Waals surface area (Å²) in [6, 6.07) is 8.78. The van der Waals surface area contributed by atoms with Gasteiger partial charge in [-0.2, -0.15) is 11.8 Å². The van der Waals surface area contributed by atoms with E-state index in [-0.39, 0.29) is 0 Å². The van der Waals surface area contributed by atoms with Crippen LogP contribution in [0.2, 0.25) is 0 Å². The molecule has 0 saturated carbocycles. The first kappa shape index (κ1) is 12.3. The van der Waals surface area contributed by atoms with E-state index in [4.69, 9.17) is 0 Å². The number of rotatable bonds is 4. The van der Waals surface area contributed by atoms with Crippen LogP contribution in [-0.4, -0.2) is 37.3 Å². The van der Waals surface area contributed by atoms with Gasteiger partial charge in [0.2, 0.25) is 0 Å². The van der Waals surface area contributed by atoms with Gasteiger partial charge in [0.25, 0.3) is 0 Å². The number of guanidine groups is 1.